The molecule has 0 spiro atoms. The van der Waals surface area contributed by atoms with Gasteiger partial charge in [-0.1, -0.05) is 55.0 Å². The molecule has 0 radical (unpaired) electrons. The van der Waals surface area contributed by atoms with E-state index in [1.165, 1.54) is 11.1 Å². The summed E-state index contributed by atoms with van der Waals surface area (Å²) in [5.41, 5.74) is 4.01. The molecule has 2 saturated carbocycles. The van der Waals surface area contributed by atoms with Gasteiger partial charge in [-0.15, -0.1) is 0 Å². The number of carbonyl (C=O) groups excluding carboxylic acids is 2. The highest BCUT2D eigenvalue weighted by Crippen LogP contribution is 2.44. The molecule has 2 amide bonds. The molecule has 2 unspecified atom stereocenters. The van der Waals surface area contributed by atoms with Crippen molar-refractivity contribution in [3.63, 3.8) is 0 Å². The number of fused-ring (bicyclic) bond motifs is 3. The predicted octanol–water partition coefficient (Wildman–Crippen LogP) is 4.21. The van der Waals surface area contributed by atoms with Crippen molar-refractivity contribution in [2.75, 3.05) is 6.61 Å². The van der Waals surface area contributed by atoms with Crippen molar-refractivity contribution in [3.05, 3.63) is 59.7 Å². The molecule has 7 heteroatoms. The Morgan fingerprint density at radius 3 is 2.18 bits per heavy atom. The van der Waals surface area contributed by atoms with Crippen LogP contribution in [-0.4, -0.2) is 41.3 Å². The summed E-state index contributed by atoms with van der Waals surface area (Å²) in [4.78, 5) is 36.9. The zero-order valence-electron chi connectivity index (χ0n) is 19.1. The summed E-state index contributed by atoms with van der Waals surface area (Å²) >= 11 is 0. The normalized spacial score (nSPS) is 22.2. The highest BCUT2D eigenvalue weighted by molar-refractivity contribution is 5.83. The first-order valence-electron chi connectivity index (χ1n) is 12.1. The van der Waals surface area contributed by atoms with E-state index < -0.39 is 17.6 Å². The van der Waals surface area contributed by atoms with Crippen molar-refractivity contribution in [3.8, 4) is 11.1 Å². The number of aliphatic carboxylic acids is 1. The van der Waals surface area contributed by atoms with E-state index >= 15 is 0 Å². The summed E-state index contributed by atoms with van der Waals surface area (Å²) in [6, 6.07) is 16.1. The van der Waals surface area contributed by atoms with E-state index in [0.29, 0.717) is 25.7 Å². The molecule has 0 aromatic heterocycles. The van der Waals surface area contributed by atoms with Gasteiger partial charge in [0, 0.05) is 12.0 Å². The van der Waals surface area contributed by atoms with Gasteiger partial charge in [0.25, 0.3) is 0 Å². The van der Waals surface area contributed by atoms with Crippen LogP contribution in [0.4, 0.5) is 4.79 Å². The van der Waals surface area contributed by atoms with Crippen molar-refractivity contribution in [2.45, 2.75) is 62.4 Å². The summed E-state index contributed by atoms with van der Waals surface area (Å²) in [5, 5.41) is 15.1. The number of carbonyl (C=O) groups is 3. The smallest absolute Gasteiger partial charge is 0.407 e. The van der Waals surface area contributed by atoms with Crippen LogP contribution in [0.5, 0.6) is 0 Å². The van der Waals surface area contributed by atoms with Gasteiger partial charge in [-0.2, -0.15) is 0 Å². The SMILES string of the molecule is O=C(O)CC1(NC(=O)C2CCCC2NC(=O)OCC2c3ccccc3-c3ccccc32)CCC1. The third-order valence-electron chi connectivity index (χ3n) is 7.69. The molecule has 0 heterocycles. The van der Waals surface area contributed by atoms with Gasteiger partial charge in [0.2, 0.25) is 5.91 Å². The fourth-order valence-electron chi connectivity index (χ4n) is 5.83. The molecule has 2 fully saturated rings. The van der Waals surface area contributed by atoms with Crippen LogP contribution in [0.25, 0.3) is 11.1 Å². The van der Waals surface area contributed by atoms with Crippen LogP contribution < -0.4 is 10.6 Å². The van der Waals surface area contributed by atoms with Crippen LogP contribution in [0.3, 0.4) is 0 Å². The minimum Gasteiger partial charge on any atom is -0.481 e. The van der Waals surface area contributed by atoms with E-state index in [-0.39, 0.29) is 36.8 Å². The van der Waals surface area contributed by atoms with Crippen molar-refractivity contribution < 1.29 is 24.2 Å². The van der Waals surface area contributed by atoms with Crippen LogP contribution in [0.15, 0.2) is 48.5 Å². The molecule has 3 aliphatic rings. The molecule has 0 saturated heterocycles. The Labute approximate surface area is 198 Å². The molecule has 0 bridgehead atoms. The zero-order chi connectivity index (χ0) is 23.7. The highest BCUT2D eigenvalue weighted by Gasteiger charge is 2.43. The third kappa shape index (κ3) is 4.27. The second-order valence-electron chi connectivity index (χ2n) is 9.81. The molecule has 5 rings (SSSR count). The Morgan fingerprint density at radius 2 is 1.59 bits per heavy atom. The number of carboxylic acids is 1. The fourth-order valence-corrected chi connectivity index (χ4v) is 5.83. The molecular weight excluding hydrogens is 432 g/mol. The maximum atomic E-state index is 13.0. The molecule has 2 aromatic rings. The first kappa shape index (κ1) is 22.4. The number of amides is 2. The minimum atomic E-state index is -0.903. The topological polar surface area (TPSA) is 105 Å². The first-order valence-corrected chi connectivity index (χ1v) is 12.1. The second kappa shape index (κ2) is 9.12. The van der Waals surface area contributed by atoms with Crippen LogP contribution in [-0.2, 0) is 14.3 Å². The fraction of sp³-hybridized carbons (Fsp3) is 0.444. The highest BCUT2D eigenvalue weighted by atomic mass is 16.5. The molecular formula is C27H30N2O5. The van der Waals surface area contributed by atoms with Gasteiger partial charge in [0.15, 0.2) is 0 Å². The van der Waals surface area contributed by atoms with E-state index in [4.69, 9.17) is 4.74 Å². The maximum Gasteiger partial charge on any atom is 0.407 e. The van der Waals surface area contributed by atoms with Gasteiger partial charge in [0.05, 0.1) is 17.9 Å². The monoisotopic (exact) mass is 462 g/mol. The number of hydrogen-bond donors (Lipinski definition) is 3. The van der Waals surface area contributed by atoms with Crippen LogP contribution in [0.1, 0.15) is 62.0 Å². The molecule has 34 heavy (non-hydrogen) atoms. The van der Waals surface area contributed by atoms with Crippen LogP contribution in [0, 0.1) is 5.92 Å². The van der Waals surface area contributed by atoms with Crippen molar-refractivity contribution in [2.24, 2.45) is 5.92 Å². The molecule has 7 nitrogen and oxygen atoms in total. The molecule has 178 valence electrons. The lowest BCUT2D eigenvalue weighted by Crippen LogP contribution is -2.57. The van der Waals surface area contributed by atoms with Gasteiger partial charge in [-0.05, 0) is 54.4 Å². The summed E-state index contributed by atoms with van der Waals surface area (Å²) in [6.45, 7) is 0.227. The number of hydrogen-bond acceptors (Lipinski definition) is 4. The molecule has 0 aliphatic heterocycles. The number of rotatable bonds is 7. The van der Waals surface area contributed by atoms with E-state index in [1.54, 1.807) is 0 Å². The lowest BCUT2D eigenvalue weighted by molar-refractivity contribution is -0.140. The standard InChI is InChI=1S/C27H30N2O5/c30-24(31)15-27(13-6-14-27)29-25(32)21-11-5-12-23(21)28-26(33)34-16-22-19-9-3-1-7-17(19)18-8-2-4-10-20(18)22/h1-4,7-10,21-23H,5-6,11-16H2,(H,28,33)(H,29,32)(H,30,31). The molecule has 2 aromatic carbocycles. The quantitative estimate of drug-likeness (QED) is 0.572. The van der Waals surface area contributed by atoms with E-state index in [2.05, 4.69) is 34.9 Å². The number of benzene rings is 2. The summed E-state index contributed by atoms with van der Waals surface area (Å²) in [6.07, 6.45) is 3.91. The van der Waals surface area contributed by atoms with Crippen molar-refractivity contribution in [1.29, 1.82) is 0 Å². The predicted molar refractivity (Wildman–Crippen MR) is 126 cm³/mol. The molecule has 3 N–H and O–H groups in total. The number of nitrogens with one attached hydrogen (secondary N) is 2. The number of alkyl carbamates (subject to hydrolysis) is 1. The van der Waals surface area contributed by atoms with Gasteiger partial charge in [0.1, 0.15) is 6.61 Å². The van der Waals surface area contributed by atoms with Gasteiger partial charge >= 0.3 is 12.1 Å². The van der Waals surface area contributed by atoms with Crippen LogP contribution >= 0.6 is 0 Å². The lowest BCUT2D eigenvalue weighted by atomic mass is 9.74. The van der Waals surface area contributed by atoms with Crippen LogP contribution in [0.2, 0.25) is 0 Å². The third-order valence-corrected chi connectivity index (χ3v) is 7.69. The van der Waals surface area contributed by atoms with E-state index in [1.807, 2.05) is 24.3 Å². The Kier molecular flexibility index (Phi) is 6.02. The summed E-state index contributed by atoms with van der Waals surface area (Å²) in [7, 11) is 0. The maximum absolute atomic E-state index is 13.0. The average Bonchev–Trinajstić information content (AvgIpc) is 3.38. The number of ether oxygens (including phenoxy) is 1. The Hall–Kier alpha value is -3.35. The van der Waals surface area contributed by atoms with E-state index in [0.717, 1.165) is 24.0 Å². The zero-order valence-corrected chi connectivity index (χ0v) is 19.1. The summed E-state index contributed by atoms with van der Waals surface area (Å²) < 4.78 is 5.66. The Balaban J connectivity index is 1.20. The van der Waals surface area contributed by atoms with E-state index in [9.17, 15) is 19.5 Å². The van der Waals surface area contributed by atoms with Crippen molar-refractivity contribution >= 4 is 18.0 Å². The lowest BCUT2D eigenvalue weighted by Gasteiger charge is -2.42. The average molecular weight is 463 g/mol. The Bertz CT molecular complexity index is 1060. The first-order chi connectivity index (χ1) is 16.5. The van der Waals surface area contributed by atoms with Gasteiger partial charge in [-0.25, -0.2) is 4.79 Å². The Morgan fingerprint density at radius 1 is 0.941 bits per heavy atom. The molecule has 2 atom stereocenters. The minimum absolute atomic E-state index is 0.0182. The second-order valence-corrected chi connectivity index (χ2v) is 9.81. The number of carboxylic acid groups (broad SMARTS) is 1. The van der Waals surface area contributed by atoms with Gasteiger partial charge in [-0.3, -0.25) is 9.59 Å². The van der Waals surface area contributed by atoms with Crippen molar-refractivity contribution in [1.82, 2.24) is 10.6 Å². The molecule has 3 aliphatic carbocycles. The van der Waals surface area contributed by atoms with Gasteiger partial charge < -0.3 is 20.5 Å². The largest absolute Gasteiger partial charge is 0.481 e. The summed E-state index contributed by atoms with van der Waals surface area (Å²) in [5.74, 6) is -1.45.